The maximum atomic E-state index is 13.3. The van der Waals surface area contributed by atoms with Crippen LogP contribution in [0.3, 0.4) is 0 Å². The van der Waals surface area contributed by atoms with Crippen molar-refractivity contribution in [1.82, 2.24) is 4.98 Å². The number of ether oxygens (including phenoxy) is 1. The zero-order valence-electron chi connectivity index (χ0n) is 16.0. The van der Waals surface area contributed by atoms with Gasteiger partial charge in [0.2, 0.25) is 0 Å². The molecule has 0 N–H and O–H groups in total. The Labute approximate surface area is 163 Å². The molecule has 1 aliphatic rings. The van der Waals surface area contributed by atoms with Gasteiger partial charge in [-0.3, -0.25) is 9.69 Å². The van der Waals surface area contributed by atoms with Crippen LogP contribution in [-0.2, 0) is 4.74 Å². The van der Waals surface area contributed by atoms with Crippen molar-refractivity contribution in [2.24, 2.45) is 0 Å². The Morgan fingerprint density at radius 3 is 2.78 bits per heavy atom. The highest BCUT2D eigenvalue weighted by molar-refractivity contribution is 7.22. The Kier molecular flexibility index (Phi) is 4.98. The number of thiazole rings is 1. The van der Waals surface area contributed by atoms with Gasteiger partial charge in [0, 0.05) is 12.2 Å². The Bertz CT molecular complexity index is 950. The summed E-state index contributed by atoms with van der Waals surface area (Å²) in [6.45, 7) is 7.52. The van der Waals surface area contributed by atoms with Crippen LogP contribution in [0.4, 0.5) is 5.13 Å². The zero-order chi connectivity index (χ0) is 19.0. The monoisotopic (exact) mass is 380 g/mol. The lowest BCUT2D eigenvalue weighted by molar-refractivity contribution is 0.0917. The minimum absolute atomic E-state index is 0.0123. The highest BCUT2D eigenvalue weighted by Gasteiger charge is 2.27. The third-order valence-corrected chi connectivity index (χ3v) is 6.19. The van der Waals surface area contributed by atoms with Gasteiger partial charge >= 0.3 is 0 Å². The van der Waals surface area contributed by atoms with E-state index in [9.17, 15) is 4.79 Å². The van der Waals surface area contributed by atoms with Crippen molar-refractivity contribution in [3.63, 3.8) is 0 Å². The first-order valence-corrected chi connectivity index (χ1v) is 10.2. The molecule has 1 aromatic heterocycles. The van der Waals surface area contributed by atoms with Gasteiger partial charge in [-0.05, 0) is 69.0 Å². The van der Waals surface area contributed by atoms with Gasteiger partial charge in [-0.25, -0.2) is 4.98 Å². The number of rotatable bonds is 4. The fourth-order valence-electron chi connectivity index (χ4n) is 3.46. The first-order valence-electron chi connectivity index (χ1n) is 9.39. The van der Waals surface area contributed by atoms with Gasteiger partial charge in [0.25, 0.3) is 5.91 Å². The summed E-state index contributed by atoms with van der Waals surface area (Å²) in [5, 5.41) is 0.747. The van der Waals surface area contributed by atoms with Gasteiger partial charge in [-0.2, -0.15) is 0 Å². The van der Waals surface area contributed by atoms with Gasteiger partial charge < -0.3 is 4.74 Å². The molecule has 0 spiro atoms. The first-order chi connectivity index (χ1) is 13.0. The van der Waals surface area contributed by atoms with Crippen LogP contribution in [0.1, 0.15) is 39.9 Å². The van der Waals surface area contributed by atoms with Crippen molar-refractivity contribution >= 4 is 32.6 Å². The van der Waals surface area contributed by atoms with Gasteiger partial charge in [-0.15, -0.1) is 0 Å². The van der Waals surface area contributed by atoms with Crippen LogP contribution >= 0.6 is 11.3 Å². The number of hydrogen-bond donors (Lipinski definition) is 0. The van der Waals surface area contributed by atoms with Crippen LogP contribution < -0.4 is 4.90 Å². The molecule has 1 atom stereocenters. The van der Waals surface area contributed by atoms with E-state index in [4.69, 9.17) is 9.72 Å². The average Bonchev–Trinajstić information content (AvgIpc) is 3.29. The van der Waals surface area contributed by atoms with E-state index in [1.54, 1.807) is 16.2 Å². The molecule has 0 saturated carbocycles. The second kappa shape index (κ2) is 7.41. The number of nitrogens with zero attached hydrogens (tertiary/aromatic N) is 2. The van der Waals surface area contributed by atoms with Crippen molar-refractivity contribution in [3.8, 4) is 0 Å². The molecule has 3 aromatic rings. The molecule has 2 aromatic carbocycles. The normalized spacial score (nSPS) is 16.8. The second-order valence-electron chi connectivity index (χ2n) is 7.32. The van der Waals surface area contributed by atoms with E-state index in [-0.39, 0.29) is 12.0 Å². The topological polar surface area (TPSA) is 42.4 Å². The summed E-state index contributed by atoms with van der Waals surface area (Å²) in [4.78, 5) is 19.9. The molecule has 1 aliphatic heterocycles. The highest BCUT2D eigenvalue weighted by atomic mass is 32.1. The third kappa shape index (κ3) is 3.75. The number of aryl methyl sites for hydroxylation is 3. The molecule has 4 rings (SSSR count). The Morgan fingerprint density at radius 1 is 1.22 bits per heavy atom. The van der Waals surface area contributed by atoms with Crippen molar-refractivity contribution < 1.29 is 9.53 Å². The number of fused-ring (bicyclic) bond motifs is 1. The molecule has 27 heavy (non-hydrogen) atoms. The standard InChI is InChI=1S/C22H24N2O2S/c1-14-6-4-7-17(10-14)21(25)24(13-18-8-5-9-26-18)22-23-19-11-15(2)16(3)12-20(19)27-22/h4,6-7,10-12,18H,5,8-9,13H2,1-3H3. The number of aromatic nitrogens is 1. The molecule has 0 bridgehead atoms. The third-order valence-electron chi connectivity index (χ3n) is 5.14. The number of carbonyl (C=O) groups is 1. The van der Waals surface area contributed by atoms with Crippen LogP contribution in [0.25, 0.3) is 10.2 Å². The Morgan fingerprint density at radius 2 is 2.04 bits per heavy atom. The van der Waals surface area contributed by atoms with Crippen LogP contribution in [-0.4, -0.2) is 30.1 Å². The second-order valence-corrected chi connectivity index (χ2v) is 8.33. The Hall–Kier alpha value is -2.24. The van der Waals surface area contributed by atoms with Gasteiger partial charge in [0.15, 0.2) is 5.13 Å². The quantitative estimate of drug-likeness (QED) is 0.636. The molecule has 1 unspecified atom stereocenters. The zero-order valence-corrected chi connectivity index (χ0v) is 16.8. The van der Waals surface area contributed by atoms with Crippen LogP contribution in [0.2, 0.25) is 0 Å². The van der Waals surface area contributed by atoms with Gasteiger partial charge in [0.1, 0.15) is 0 Å². The summed E-state index contributed by atoms with van der Waals surface area (Å²) in [6.07, 6.45) is 2.12. The Balaban J connectivity index is 1.74. The van der Waals surface area contributed by atoms with Crippen molar-refractivity contribution in [1.29, 1.82) is 0 Å². The molecule has 0 aliphatic carbocycles. The van der Waals surface area contributed by atoms with Crippen LogP contribution in [0, 0.1) is 20.8 Å². The summed E-state index contributed by atoms with van der Waals surface area (Å²) < 4.78 is 6.92. The number of hydrogen-bond acceptors (Lipinski definition) is 4. The summed E-state index contributed by atoms with van der Waals surface area (Å²) >= 11 is 1.58. The summed E-state index contributed by atoms with van der Waals surface area (Å²) in [6, 6.07) is 12.0. The minimum Gasteiger partial charge on any atom is -0.376 e. The van der Waals surface area contributed by atoms with Gasteiger partial charge in [-0.1, -0.05) is 29.0 Å². The van der Waals surface area contributed by atoms with E-state index < -0.39 is 0 Å². The lowest BCUT2D eigenvalue weighted by atomic mass is 10.1. The number of anilines is 1. The number of amides is 1. The van der Waals surface area contributed by atoms with E-state index in [2.05, 4.69) is 26.0 Å². The fourth-order valence-corrected chi connectivity index (χ4v) is 4.51. The van der Waals surface area contributed by atoms with Crippen molar-refractivity contribution in [2.75, 3.05) is 18.1 Å². The molecule has 140 valence electrons. The molecule has 2 heterocycles. The van der Waals surface area contributed by atoms with Crippen LogP contribution in [0.15, 0.2) is 36.4 Å². The molecular weight excluding hydrogens is 356 g/mol. The van der Waals surface area contributed by atoms with Gasteiger partial charge in [0.05, 0.1) is 22.9 Å². The summed E-state index contributed by atoms with van der Waals surface area (Å²) in [7, 11) is 0. The fraction of sp³-hybridized carbons (Fsp3) is 0.364. The molecule has 4 nitrogen and oxygen atoms in total. The van der Waals surface area contributed by atoms with Crippen LogP contribution in [0.5, 0.6) is 0 Å². The number of benzene rings is 2. The largest absolute Gasteiger partial charge is 0.376 e. The molecule has 0 radical (unpaired) electrons. The lowest BCUT2D eigenvalue weighted by Gasteiger charge is -2.23. The van der Waals surface area contributed by atoms with E-state index in [0.29, 0.717) is 12.1 Å². The van der Waals surface area contributed by atoms with Crippen molar-refractivity contribution in [2.45, 2.75) is 39.7 Å². The van der Waals surface area contributed by atoms with Crippen molar-refractivity contribution in [3.05, 3.63) is 58.7 Å². The smallest absolute Gasteiger partial charge is 0.260 e. The van der Waals surface area contributed by atoms with E-state index in [0.717, 1.165) is 40.4 Å². The first kappa shape index (κ1) is 18.1. The van der Waals surface area contributed by atoms with E-state index in [1.807, 2.05) is 31.2 Å². The molecule has 5 heteroatoms. The van der Waals surface area contributed by atoms with E-state index >= 15 is 0 Å². The highest BCUT2D eigenvalue weighted by Crippen LogP contribution is 2.32. The number of carbonyl (C=O) groups excluding carboxylic acids is 1. The molecular formula is C22H24N2O2S. The predicted molar refractivity (Wildman–Crippen MR) is 111 cm³/mol. The SMILES string of the molecule is Cc1cccc(C(=O)N(CC2CCCO2)c2nc3cc(C)c(C)cc3s2)c1. The predicted octanol–water partition coefficient (Wildman–Crippen LogP) is 5.05. The maximum absolute atomic E-state index is 13.3. The lowest BCUT2D eigenvalue weighted by Crippen LogP contribution is -2.37. The summed E-state index contributed by atoms with van der Waals surface area (Å²) in [5.41, 5.74) is 5.18. The average molecular weight is 381 g/mol. The molecule has 1 fully saturated rings. The molecule has 1 saturated heterocycles. The van der Waals surface area contributed by atoms with E-state index in [1.165, 1.54) is 11.1 Å². The minimum atomic E-state index is -0.0123. The maximum Gasteiger partial charge on any atom is 0.260 e. The summed E-state index contributed by atoms with van der Waals surface area (Å²) in [5.74, 6) is -0.0123. The molecule has 1 amide bonds.